The minimum absolute atomic E-state index is 0.498. The monoisotopic (exact) mass is 272 g/mol. The molecule has 2 N–H and O–H groups in total. The molecule has 1 atom stereocenters. The predicted molar refractivity (Wildman–Crippen MR) is 82.2 cm³/mol. The predicted octanol–water partition coefficient (Wildman–Crippen LogP) is 3.39. The van der Waals surface area contributed by atoms with Gasteiger partial charge in [0, 0.05) is 18.2 Å². The van der Waals surface area contributed by atoms with Gasteiger partial charge in [0.25, 0.3) is 0 Å². The lowest BCUT2D eigenvalue weighted by molar-refractivity contribution is 0.449. The molecular weight excluding hydrogens is 248 g/mol. The molecule has 4 heteroatoms. The van der Waals surface area contributed by atoms with E-state index < -0.39 is 0 Å². The number of H-pyrrole nitrogens is 1. The fraction of sp³-hybridized carbons (Fsp3) is 0.500. The highest BCUT2D eigenvalue weighted by atomic mass is 15.3. The van der Waals surface area contributed by atoms with Gasteiger partial charge in [0.05, 0.1) is 0 Å². The first-order chi connectivity index (χ1) is 9.66. The van der Waals surface area contributed by atoms with Crippen LogP contribution in [0.5, 0.6) is 0 Å². The molecule has 0 saturated heterocycles. The molecule has 20 heavy (non-hydrogen) atoms. The number of hydrogen-bond donors (Lipinski definition) is 2. The highest BCUT2D eigenvalue weighted by Crippen LogP contribution is 2.19. The van der Waals surface area contributed by atoms with Crippen molar-refractivity contribution in [2.75, 3.05) is 0 Å². The van der Waals surface area contributed by atoms with Gasteiger partial charge in [-0.3, -0.25) is 0 Å². The van der Waals surface area contributed by atoms with Gasteiger partial charge in [-0.25, -0.2) is 0 Å². The third kappa shape index (κ3) is 4.17. The summed E-state index contributed by atoms with van der Waals surface area (Å²) in [5.41, 5.74) is 3.02. The molecule has 2 rings (SSSR count). The summed E-state index contributed by atoms with van der Waals surface area (Å²) in [5.74, 6) is 0.756. The summed E-state index contributed by atoms with van der Waals surface area (Å²) in [7, 11) is 0. The number of hydrogen-bond acceptors (Lipinski definition) is 3. The van der Waals surface area contributed by atoms with E-state index in [2.05, 4.69) is 53.6 Å². The molecule has 0 bridgehead atoms. The maximum atomic E-state index is 4.26. The van der Waals surface area contributed by atoms with Crippen LogP contribution < -0.4 is 5.32 Å². The molecule has 0 aliphatic carbocycles. The second-order valence-electron chi connectivity index (χ2n) is 5.74. The zero-order chi connectivity index (χ0) is 14.4. The van der Waals surface area contributed by atoms with E-state index in [0.717, 1.165) is 29.4 Å². The van der Waals surface area contributed by atoms with Crippen molar-refractivity contribution < 1.29 is 0 Å². The van der Waals surface area contributed by atoms with Crippen LogP contribution in [0.4, 0.5) is 0 Å². The standard InChI is InChI=1S/C16H24N4/c1-12(2)9-10-13(3)17-11-15-16(19-20-18-15)14-7-5-4-6-8-14/h4-8,12-13,17H,9-11H2,1-3H3,(H,18,19,20). The summed E-state index contributed by atoms with van der Waals surface area (Å²) in [6, 6.07) is 10.7. The Kier molecular flexibility index (Phi) is 5.30. The largest absolute Gasteiger partial charge is 0.309 e. The molecule has 0 aliphatic heterocycles. The molecule has 0 saturated carbocycles. The van der Waals surface area contributed by atoms with Gasteiger partial charge in [-0.15, -0.1) is 0 Å². The molecule has 0 spiro atoms. The van der Waals surface area contributed by atoms with E-state index in [1.807, 2.05) is 18.2 Å². The third-order valence-corrected chi connectivity index (χ3v) is 3.46. The maximum Gasteiger partial charge on any atom is 0.117 e. The van der Waals surface area contributed by atoms with Gasteiger partial charge in [0.15, 0.2) is 0 Å². The SMILES string of the molecule is CC(C)CCC(C)NCc1n[nH]nc1-c1ccccc1. The number of rotatable bonds is 7. The molecule has 1 aromatic heterocycles. The van der Waals surface area contributed by atoms with Crippen molar-refractivity contribution in [3.8, 4) is 11.3 Å². The number of benzene rings is 1. The number of nitrogens with one attached hydrogen (secondary N) is 2. The highest BCUT2D eigenvalue weighted by Gasteiger charge is 2.11. The smallest absolute Gasteiger partial charge is 0.117 e. The molecule has 2 aromatic rings. The van der Waals surface area contributed by atoms with Crippen LogP contribution in [0.2, 0.25) is 0 Å². The first kappa shape index (κ1) is 14.7. The van der Waals surface area contributed by atoms with Crippen LogP contribution in [0, 0.1) is 5.92 Å². The summed E-state index contributed by atoms with van der Waals surface area (Å²) in [5, 5.41) is 14.8. The Morgan fingerprint density at radius 1 is 1.05 bits per heavy atom. The highest BCUT2D eigenvalue weighted by molar-refractivity contribution is 5.60. The average Bonchev–Trinajstić information content (AvgIpc) is 2.92. The van der Waals surface area contributed by atoms with E-state index >= 15 is 0 Å². The van der Waals surface area contributed by atoms with Gasteiger partial charge in [0.1, 0.15) is 11.4 Å². The fourth-order valence-corrected chi connectivity index (χ4v) is 2.16. The lowest BCUT2D eigenvalue weighted by Gasteiger charge is -2.14. The summed E-state index contributed by atoms with van der Waals surface area (Å²) >= 11 is 0. The zero-order valence-corrected chi connectivity index (χ0v) is 12.6. The average molecular weight is 272 g/mol. The van der Waals surface area contributed by atoms with Crippen LogP contribution in [0.15, 0.2) is 30.3 Å². The van der Waals surface area contributed by atoms with Crippen LogP contribution in [0.3, 0.4) is 0 Å². The van der Waals surface area contributed by atoms with Crippen molar-refractivity contribution in [2.24, 2.45) is 5.92 Å². The van der Waals surface area contributed by atoms with Crippen molar-refractivity contribution in [1.29, 1.82) is 0 Å². The van der Waals surface area contributed by atoms with E-state index in [-0.39, 0.29) is 0 Å². The van der Waals surface area contributed by atoms with Gasteiger partial charge in [0.2, 0.25) is 0 Å². The lowest BCUT2D eigenvalue weighted by Crippen LogP contribution is -2.26. The molecule has 1 heterocycles. The molecule has 0 fully saturated rings. The first-order valence-electron chi connectivity index (χ1n) is 7.35. The maximum absolute atomic E-state index is 4.26. The molecule has 0 aliphatic rings. The van der Waals surface area contributed by atoms with Gasteiger partial charge in [-0.05, 0) is 25.7 Å². The van der Waals surface area contributed by atoms with Crippen LogP contribution in [0.1, 0.15) is 39.3 Å². The molecule has 108 valence electrons. The number of nitrogens with zero attached hydrogens (tertiary/aromatic N) is 2. The van der Waals surface area contributed by atoms with E-state index in [1.54, 1.807) is 0 Å². The lowest BCUT2D eigenvalue weighted by atomic mass is 10.0. The van der Waals surface area contributed by atoms with Gasteiger partial charge in [-0.1, -0.05) is 44.2 Å². The Morgan fingerprint density at radius 2 is 1.80 bits per heavy atom. The van der Waals surface area contributed by atoms with Gasteiger partial charge in [-0.2, -0.15) is 15.4 Å². The van der Waals surface area contributed by atoms with E-state index in [4.69, 9.17) is 0 Å². The van der Waals surface area contributed by atoms with Gasteiger partial charge >= 0.3 is 0 Å². The topological polar surface area (TPSA) is 53.6 Å². The summed E-state index contributed by atoms with van der Waals surface area (Å²) in [6.45, 7) is 7.50. The second kappa shape index (κ2) is 7.20. The zero-order valence-electron chi connectivity index (χ0n) is 12.6. The molecule has 0 radical (unpaired) electrons. The van der Waals surface area contributed by atoms with Crippen molar-refractivity contribution in [3.05, 3.63) is 36.0 Å². The van der Waals surface area contributed by atoms with Gasteiger partial charge < -0.3 is 5.32 Å². The van der Waals surface area contributed by atoms with E-state index in [0.29, 0.717) is 6.04 Å². The Balaban J connectivity index is 1.93. The summed E-state index contributed by atoms with van der Waals surface area (Å²) in [6.07, 6.45) is 2.44. The number of aromatic amines is 1. The van der Waals surface area contributed by atoms with Crippen molar-refractivity contribution in [1.82, 2.24) is 20.7 Å². The second-order valence-corrected chi connectivity index (χ2v) is 5.74. The third-order valence-electron chi connectivity index (χ3n) is 3.46. The Hall–Kier alpha value is -1.68. The molecule has 0 amide bonds. The van der Waals surface area contributed by atoms with E-state index in [9.17, 15) is 0 Å². The first-order valence-corrected chi connectivity index (χ1v) is 7.35. The Labute approximate surface area is 121 Å². The quantitative estimate of drug-likeness (QED) is 0.812. The van der Waals surface area contributed by atoms with Crippen molar-refractivity contribution in [3.63, 3.8) is 0 Å². The Morgan fingerprint density at radius 3 is 2.50 bits per heavy atom. The van der Waals surface area contributed by atoms with Crippen LogP contribution in [-0.2, 0) is 6.54 Å². The van der Waals surface area contributed by atoms with Crippen molar-refractivity contribution in [2.45, 2.75) is 46.2 Å². The Bertz CT molecular complexity index is 504. The minimum Gasteiger partial charge on any atom is -0.309 e. The number of aromatic nitrogens is 3. The van der Waals surface area contributed by atoms with E-state index in [1.165, 1.54) is 12.8 Å². The van der Waals surface area contributed by atoms with Crippen LogP contribution in [-0.4, -0.2) is 21.5 Å². The normalized spacial score (nSPS) is 12.8. The van der Waals surface area contributed by atoms with Crippen molar-refractivity contribution >= 4 is 0 Å². The molecule has 4 nitrogen and oxygen atoms in total. The molecule has 1 unspecified atom stereocenters. The molecule has 1 aromatic carbocycles. The molecular formula is C16H24N4. The minimum atomic E-state index is 0.498. The fourth-order valence-electron chi connectivity index (χ4n) is 2.16. The summed E-state index contributed by atoms with van der Waals surface area (Å²) in [4.78, 5) is 0. The van der Waals surface area contributed by atoms with Crippen LogP contribution >= 0.6 is 0 Å². The summed E-state index contributed by atoms with van der Waals surface area (Å²) < 4.78 is 0. The van der Waals surface area contributed by atoms with Crippen LogP contribution in [0.25, 0.3) is 11.3 Å².